The lowest BCUT2D eigenvalue weighted by atomic mass is 9.96. The maximum absolute atomic E-state index is 13.2. The first-order valence-electron chi connectivity index (χ1n) is 12.2. The average molecular weight is 526 g/mol. The van der Waals surface area contributed by atoms with Crippen molar-refractivity contribution in [3.63, 3.8) is 0 Å². The number of rotatable bonds is 8. The number of nitrogens with zero attached hydrogens (tertiary/aromatic N) is 3. The van der Waals surface area contributed by atoms with Crippen LogP contribution in [0.1, 0.15) is 53.7 Å². The summed E-state index contributed by atoms with van der Waals surface area (Å²) in [4.78, 5) is 34.3. The van der Waals surface area contributed by atoms with Crippen molar-refractivity contribution >= 4 is 34.8 Å². The van der Waals surface area contributed by atoms with E-state index in [9.17, 15) is 9.59 Å². The molecular weight excluding hydrogens is 494 g/mol. The van der Waals surface area contributed by atoms with E-state index in [0.29, 0.717) is 36.1 Å². The SMILES string of the molecule is CN(CCc1ccccc1)C(=O)c1csc(C2CCN(C(=O)C(C)(C)Oc3ccccc3Cl)CC2)n1. The maximum atomic E-state index is 13.2. The number of likely N-dealkylation sites (tertiary alicyclic amines) is 1. The first kappa shape index (κ1) is 26.2. The van der Waals surface area contributed by atoms with Gasteiger partial charge in [-0.25, -0.2) is 4.98 Å². The second-order valence-corrected chi connectivity index (χ2v) is 10.9. The third-order valence-corrected chi connectivity index (χ3v) is 7.83. The molecule has 1 fully saturated rings. The fourth-order valence-corrected chi connectivity index (χ4v) is 5.51. The van der Waals surface area contributed by atoms with E-state index in [2.05, 4.69) is 17.1 Å². The van der Waals surface area contributed by atoms with Crippen molar-refractivity contribution in [3.8, 4) is 5.75 Å². The molecule has 2 aromatic carbocycles. The van der Waals surface area contributed by atoms with Crippen molar-refractivity contribution in [2.24, 2.45) is 0 Å². The lowest BCUT2D eigenvalue weighted by molar-refractivity contribution is -0.146. The van der Waals surface area contributed by atoms with E-state index in [4.69, 9.17) is 16.3 Å². The first-order valence-corrected chi connectivity index (χ1v) is 13.5. The highest BCUT2D eigenvalue weighted by Gasteiger charge is 2.37. The Morgan fingerprint density at radius 3 is 2.47 bits per heavy atom. The summed E-state index contributed by atoms with van der Waals surface area (Å²) < 4.78 is 5.98. The van der Waals surface area contributed by atoms with E-state index in [-0.39, 0.29) is 17.7 Å². The molecule has 190 valence electrons. The molecule has 0 aliphatic carbocycles. The van der Waals surface area contributed by atoms with Crippen LogP contribution in [0, 0.1) is 0 Å². The van der Waals surface area contributed by atoms with Crippen molar-refractivity contribution in [1.29, 1.82) is 0 Å². The Labute approximate surface area is 221 Å². The molecule has 4 rings (SSSR count). The second kappa shape index (κ2) is 11.4. The molecule has 2 amide bonds. The number of halogens is 1. The van der Waals surface area contributed by atoms with Crippen molar-refractivity contribution in [2.75, 3.05) is 26.7 Å². The smallest absolute Gasteiger partial charge is 0.273 e. The zero-order chi connectivity index (χ0) is 25.7. The van der Waals surface area contributed by atoms with E-state index in [1.807, 2.05) is 47.7 Å². The third-order valence-electron chi connectivity index (χ3n) is 6.51. The Balaban J connectivity index is 1.30. The predicted octanol–water partition coefficient (Wildman–Crippen LogP) is 5.67. The van der Waals surface area contributed by atoms with Gasteiger partial charge in [-0.15, -0.1) is 11.3 Å². The average Bonchev–Trinajstić information content (AvgIpc) is 3.39. The summed E-state index contributed by atoms with van der Waals surface area (Å²) in [6.07, 6.45) is 2.42. The lowest BCUT2D eigenvalue weighted by Crippen LogP contribution is -2.51. The molecule has 1 aliphatic rings. The zero-order valence-corrected chi connectivity index (χ0v) is 22.5. The van der Waals surface area contributed by atoms with Gasteiger partial charge in [0.15, 0.2) is 5.60 Å². The molecular formula is C28H32ClN3O3S. The van der Waals surface area contributed by atoms with Gasteiger partial charge in [-0.1, -0.05) is 54.1 Å². The summed E-state index contributed by atoms with van der Waals surface area (Å²) in [5, 5.41) is 3.31. The Bertz CT molecular complexity index is 1190. The summed E-state index contributed by atoms with van der Waals surface area (Å²) in [5.41, 5.74) is 0.680. The van der Waals surface area contributed by atoms with Crippen molar-refractivity contribution < 1.29 is 14.3 Å². The fraction of sp³-hybridized carbons (Fsp3) is 0.393. The number of hydrogen-bond acceptors (Lipinski definition) is 5. The van der Waals surface area contributed by atoms with Gasteiger partial charge >= 0.3 is 0 Å². The molecule has 3 aromatic rings. The number of carbonyl (C=O) groups is 2. The maximum Gasteiger partial charge on any atom is 0.273 e. The quantitative estimate of drug-likeness (QED) is 0.380. The van der Waals surface area contributed by atoms with Gasteiger partial charge < -0.3 is 14.5 Å². The summed E-state index contributed by atoms with van der Waals surface area (Å²) in [5.74, 6) is 0.624. The number of likely N-dealkylation sites (N-methyl/N-ethyl adjacent to an activating group) is 1. The monoisotopic (exact) mass is 525 g/mol. The van der Waals surface area contributed by atoms with Crippen LogP contribution in [0.2, 0.25) is 5.02 Å². The Morgan fingerprint density at radius 2 is 1.78 bits per heavy atom. The van der Waals surface area contributed by atoms with Crippen LogP contribution >= 0.6 is 22.9 Å². The zero-order valence-electron chi connectivity index (χ0n) is 20.9. The van der Waals surface area contributed by atoms with Crippen molar-refractivity contribution in [1.82, 2.24) is 14.8 Å². The number of piperidine rings is 1. The van der Waals surface area contributed by atoms with Gasteiger partial charge in [-0.2, -0.15) is 0 Å². The van der Waals surface area contributed by atoms with E-state index in [1.165, 1.54) is 16.9 Å². The van der Waals surface area contributed by atoms with Crippen molar-refractivity contribution in [3.05, 3.63) is 81.3 Å². The largest absolute Gasteiger partial charge is 0.476 e. The van der Waals surface area contributed by atoms with Crippen LogP contribution in [0.5, 0.6) is 5.75 Å². The predicted molar refractivity (Wildman–Crippen MR) is 144 cm³/mol. The highest BCUT2D eigenvalue weighted by Crippen LogP contribution is 2.33. The van der Waals surface area contributed by atoms with Gasteiger partial charge in [0.25, 0.3) is 11.8 Å². The fourth-order valence-electron chi connectivity index (χ4n) is 4.37. The molecule has 2 heterocycles. The van der Waals surface area contributed by atoms with E-state index in [1.54, 1.807) is 30.9 Å². The number of para-hydroxylation sites is 1. The molecule has 0 bridgehead atoms. The molecule has 0 unspecified atom stereocenters. The second-order valence-electron chi connectivity index (χ2n) is 9.64. The minimum absolute atomic E-state index is 0.0560. The number of aromatic nitrogens is 1. The van der Waals surface area contributed by atoms with Crippen LogP contribution in [-0.2, 0) is 11.2 Å². The number of carbonyl (C=O) groups excluding carboxylic acids is 2. The summed E-state index contributed by atoms with van der Waals surface area (Å²) >= 11 is 7.75. The van der Waals surface area contributed by atoms with Gasteiger partial charge in [0.05, 0.1) is 10.0 Å². The Morgan fingerprint density at radius 1 is 1.11 bits per heavy atom. The number of benzene rings is 2. The molecule has 36 heavy (non-hydrogen) atoms. The van der Waals surface area contributed by atoms with Gasteiger partial charge in [0.2, 0.25) is 0 Å². The van der Waals surface area contributed by atoms with Crippen LogP contribution in [0.25, 0.3) is 0 Å². The topological polar surface area (TPSA) is 62.7 Å². The Hall–Kier alpha value is -2.90. The van der Waals surface area contributed by atoms with Gasteiger partial charge in [-0.05, 0) is 50.8 Å². The molecule has 8 heteroatoms. The normalized spacial score (nSPS) is 14.5. The first-order chi connectivity index (χ1) is 17.2. The van der Waals surface area contributed by atoms with E-state index >= 15 is 0 Å². The Kier molecular flexibility index (Phi) is 8.32. The minimum atomic E-state index is -1.02. The van der Waals surface area contributed by atoms with Gasteiger partial charge in [0.1, 0.15) is 11.4 Å². The van der Waals surface area contributed by atoms with Crippen LogP contribution < -0.4 is 4.74 Å². The molecule has 0 radical (unpaired) electrons. The molecule has 0 spiro atoms. The van der Waals surface area contributed by atoms with Crippen LogP contribution in [-0.4, -0.2) is 58.9 Å². The summed E-state index contributed by atoms with van der Waals surface area (Å²) in [6, 6.07) is 17.3. The molecule has 0 N–H and O–H groups in total. The summed E-state index contributed by atoms with van der Waals surface area (Å²) in [6.45, 7) is 5.44. The van der Waals surface area contributed by atoms with Crippen LogP contribution in [0.15, 0.2) is 60.0 Å². The van der Waals surface area contributed by atoms with Crippen LogP contribution in [0.3, 0.4) is 0 Å². The molecule has 1 saturated heterocycles. The van der Waals surface area contributed by atoms with Crippen molar-refractivity contribution in [2.45, 2.75) is 44.6 Å². The number of ether oxygens (including phenoxy) is 1. The molecule has 1 aliphatic heterocycles. The molecule has 1 aromatic heterocycles. The highest BCUT2D eigenvalue weighted by molar-refractivity contribution is 7.09. The molecule has 0 atom stereocenters. The number of amides is 2. The van der Waals surface area contributed by atoms with Crippen LogP contribution in [0.4, 0.5) is 0 Å². The number of hydrogen-bond donors (Lipinski definition) is 0. The van der Waals surface area contributed by atoms with Gasteiger partial charge in [-0.3, -0.25) is 9.59 Å². The molecule has 6 nitrogen and oxygen atoms in total. The van der Waals surface area contributed by atoms with Gasteiger partial charge in [0, 0.05) is 38.0 Å². The highest BCUT2D eigenvalue weighted by atomic mass is 35.5. The standard InChI is InChI=1S/C28H32ClN3O3S/c1-28(2,35-24-12-8-7-11-22(24)29)27(34)32-17-14-21(15-18-32)25-30-23(19-36-25)26(33)31(3)16-13-20-9-5-4-6-10-20/h4-12,19,21H,13-18H2,1-3H3. The number of thiazole rings is 1. The van der Waals surface area contributed by atoms with E-state index in [0.717, 1.165) is 24.3 Å². The summed E-state index contributed by atoms with van der Waals surface area (Å²) in [7, 11) is 1.82. The van der Waals surface area contributed by atoms with E-state index < -0.39 is 5.60 Å². The lowest BCUT2D eigenvalue weighted by Gasteiger charge is -2.36. The minimum Gasteiger partial charge on any atom is -0.476 e. The molecule has 0 saturated carbocycles. The third kappa shape index (κ3) is 6.26.